The number of halogens is 1. The van der Waals surface area contributed by atoms with Gasteiger partial charge >= 0.3 is 0 Å². The number of sulfonamides is 1. The molecule has 0 bridgehead atoms. The summed E-state index contributed by atoms with van der Waals surface area (Å²) in [5, 5.41) is 8.27. The van der Waals surface area contributed by atoms with Gasteiger partial charge in [-0.05, 0) is 30.5 Å². The highest BCUT2D eigenvalue weighted by Gasteiger charge is 2.26. The zero-order chi connectivity index (χ0) is 28.4. The molecule has 12 nitrogen and oxygen atoms in total. The first-order valence-corrected chi connectivity index (χ1v) is 15.1. The van der Waals surface area contributed by atoms with Crippen molar-refractivity contribution in [3.63, 3.8) is 0 Å². The molecule has 0 atom stereocenters. The van der Waals surface area contributed by atoms with E-state index in [-0.39, 0.29) is 11.9 Å². The van der Waals surface area contributed by atoms with Crippen molar-refractivity contribution in [3.8, 4) is 16.9 Å². The van der Waals surface area contributed by atoms with Crippen LogP contribution in [0, 0.1) is 6.57 Å². The molecule has 3 aromatic rings. The average molecular weight is 584 g/mol. The molecule has 1 aromatic carbocycles. The summed E-state index contributed by atoms with van der Waals surface area (Å²) >= 11 is 6.64. The molecular formula is C26H30ClN9O3S. The third kappa shape index (κ3) is 6.26. The van der Waals surface area contributed by atoms with Gasteiger partial charge in [0.25, 0.3) is 0 Å². The summed E-state index contributed by atoms with van der Waals surface area (Å²) in [7, 11) is -1.39. The van der Waals surface area contributed by atoms with Gasteiger partial charge in [-0.1, -0.05) is 17.7 Å². The molecule has 210 valence electrons. The molecule has 0 unspecified atom stereocenters. The van der Waals surface area contributed by atoms with Crippen LogP contribution in [0.15, 0.2) is 36.8 Å². The SMILES string of the molecule is [C-]#[N+]c1cnc(NC2CCN(S(C)(=O)=O)CC2)nc1-c1cnn(-c2ccc(CN3CCN(C)C(=O)C3)cc2Cl)c1. The summed E-state index contributed by atoms with van der Waals surface area (Å²) < 4.78 is 26.7. The van der Waals surface area contributed by atoms with E-state index in [2.05, 4.69) is 30.1 Å². The minimum atomic E-state index is -3.20. The fraction of sp³-hybridized carbons (Fsp3) is 0.423. The van der Waals surface area contributed by atoms with E-state index in [1.54, 1.807) is 22.0 Å². The first-order valence-electron chi connectivity index (χ1n) is 12.9. The molecule has 0 radical (unpaired) electrons. The second-order valence-electron chi connectivity index (χ2n) is 10.1. The van der Waals surface area contributed by atoms with E-state index in [9.17, 15) is 13.2 Å². The number of benzene rings is 1. The maximum absolute atomic E-state index is 12.0. The van der Waals surface area contributed by atoms with E-state index in [1.165, 1.54) is 16.8 Å². The van der Waals surface area contributed by atoms with Gasteiger partial charge in [0, 0.05) is 63.8 Å². The number of piperazine rings is 1. The fourth-order valence-corrected chi connectivity index (χ4v) is 6.03. The fourth-order valence-electron chi connectivity index (χ4n) is 4.87. The van der Waals surface area contributed by atoms with Crippen molar-refractivity contribution in [1.29, 1.82) is 0 Å². The van der Waals surface area contributed by atoms with Crippen molar-refractivity contribution in [2.75, 3.05) is 51.3 Å². The first kappa shape index (κ1) is 28.0. The number of hydrogen-bond acceptors (Lipinski definition) is 8. The van der Waals surface area contributed by atoms with Gasteiger partial charge in [0.2, 0.25) is 27.6 Å². The number of piperidine rings is 1. The van der Waals surface area contributed by atoms with Crippen LogP contribution in [-0.2, 0) is 21.4 Å². The number of nitrogens with zero attached hydrogens (tertiary/aromatic N) is 8. The Morgan fingerprint density at radius 2 is 1.95 bits per heavy atom. The normalized spacial score (nSPS) is 17.6. The lowest BCUT2D eigenvalue weighted by Crippen LogP contribution is -2.47. The number of rotatable bonds is 7. The van der Waals surface area contributed by atoms with E-state index >= 15 is 0 Å². The van der Waals surface area contributed by atoms with Gasteiger partial charge in [-0.2, -0.15) is 5.10 Å². The predicted octanol–water partition coefficient (Wildman–Crippen LogP) is 2.64. The molecule has 0 aliphatic carbocycles. The summed E-state index contributed by atoms with van der Waals surface area (Å²) in [4.78, 5) is 28.3. The lowest BCUT2D eigenvalue weighted by Gasteiger charge is -2.31. The lowest BCUT2D eigenvalue weighted by atomic mass is 10.1. The molecule has 2 aromatic heterocycles. The highest BCUT2D eigenvalue weighted by atomic mass is 35.5. The molecule has 1 N–H and O–H groups in total. The highest BCUT2D eigenvalue weighted by molar-refractivity contribution is 7.88. The van der Waals surface area contributed by atoms with Crippen molar-refractivity contribution >= 4 is 39.2 Å². The average Bonchev–Trinajstić information content (AvgIpc) is 3.40. The summed E-state index contributed by atoms with van der Waals surface area (Å²) in [6.45, 7) is 11.0. The zero-order valence-electron chi connectivity index (χ0n) is 22.3. The molecule has 5 rings (SSSR count). The molecule has 2 fully saturated rings. The summed E-state index contributed by atoms with van der Waals surface area (Å²) in [5.41, 5.74) is 3.06. The number of carbonyl (C=O) groups excluding carboxylic acids is 1. The van der Waals surface area contributed by atoms with Crippen LogP contribution >= 0.6 is 11.6 Å². The number of amides is 1. The van der Waals surface area contributed by atoms with Gasteiger partial charge in [0.15, 0.2) is 0 Å². The Kier molecular flexibility index (Phi) is 8.04. The number of likely N-dealkylation sites (N-methyl/N-ethyl adjacent to an activating group) is 1. The Bertz CT molecular complexity index is 1560. The van der Waals surface area contributed by atoms with Crippen LogP contribution in [0.4, 0.5) is 11.6 Å². The number of hydrogen-bond donors (Lipinski definition) is 1. The van der Waals surface area contributed by atoms with Crippen molar-refractivity contribution in [2.24, 2.45) is 0 Å². The van der Waals surface area contributed by atoms with Gasteiger partial charge in [0.05, 0.1) is 42.0 Å². The molecule has 0 saturated carbocycles. The first-order chi connectivity index (χ1) is 19.1. The standard InChI is InChI=1S/C26H30ClN9O3S/c1-28-22-14-29-26(31-20-6-8-35(9-7-20)40(3,38)39)32-25(22)19-13-30-36(16-19)23-5-4-18(12-21(23)27)15-34-11-10-33(2)24(37)17-34/h4-5,12-14,16,20H,6-11,15,17H2,2-3H3,(H,29,31,32). The molecule has 40 heavy (non-hydrogen) atoms. The lowest BCUT2D eigenvalue weighted by molar-refractivity contribution is -0.134. The molecule has 0 spiro atoms. The minimum Gasteiger partial charge on any atom is -0.351 e. The second-order valence-corrected chi connectivity index (χ2v) is 12.5. The van der Waals surface area contributed by atoms with Crippen molar-refractivity contribution in [2.45, 2.75) is 25.4 Å². The summed E-state index contributed by atoms with van der Waals surface area (Å²) in [6.07, 6.45) is 7.36. The zero-order valence-corrected chi connectivity index (χ0v) is 23.9. The monoisotopic (exact) mass is 583 g/mol. The predicted molar refractivity (Wildman–Crippen MR) is 152 cm³/mol. The topological polar surface area (TPSA) is 121 Å². The Hall–Kier alpha value is -3.57. The second kappa shape index (κ2) is 11.5. The minimum absolute atomic E-state index is 0.0219. The van der Waals surface area contributed by atoms with Gasteiger partial charge < -0.3 is 10.2 Å². The van der Waals surface area contributed by atoms with Crippen LogP contribution in [-0.4, -0.2) is 100 Å². The molecule has 2 saturated heterocycles. The maximum atomic E-state index is 12.0. The Morgan fingerprint density at radius 3 is 2.62 bits per heavy atom. The Labute approximate surface area is 238 Å². The number of aromatic nitrogens is 4. The third-order valence-electron chi connectivity index (χ3n) is 7.20. The van der Waals surface area contributed by atoms with E-state index in [1.807, 2.05) is 25.2 Å². The van der Waals surface area contributed by atoms with Crippen molar-refractivity contribution in [3.05, 3.63) is 58.8 Å². The van der Waals surface area contributed by atoms with Crippen molar-refractivity contribution < 1.29 is 13.2 Å². The van der Waals surface area contributed by atoms with Gasteiger partial charge in [-0.15, -0.1) is 0 Å². The Morgan fingerprint density at radius 1 is 1.18 bits per heavy atom. The largest absolute Gasteiger partial charge is 0.351 e. The number of carbonyl (C=O) groups is 1. The van der Waals surface area contributed by atoms with E-state index in [0.29, 0.717) is 79.2 Å². The molecular weight excluding hydrogens is 554 g/mol. The van der Waals surface area contributed by atoms with Crippen LogP contribution in [0.2, 0.25) is 5.02 Å². The van der Waals surface area contributed by atoms with Gasteiger partial charge in [-0.25, -0.2) is 32.2 Å². The smallest absolute Gasteiger partial charge is 0.236 e. The maximum Gasteiger partial charge on any atom is 0.236 e. The summed E-state index contributed by atoms with van der Waals surface area (Å²) in [5.74, 6) is 0.481. The number of nitrogens with one attached hydrogen (secondary N) is 1. The van der Waals surface area contributed by atoms with E-state index in [4.69, 9.17) is 18.2 Å². The van der Waals surface area contributed by atoms with Gasteiger partial charge in [-0.3, -0.25) is 9.69 Å². The molecule has 2 aliphatic heterocycles. The highest BCUT2D eigenvalue weighted by Crippen LogP contribution is 2.31. The van der Waals surface area contributed by atoms with Gasteiger partial charge in [0.1, 0.15) is 0 Å². The summed E-state index contributed by atoms with van der Waals surface area (Å²) in [6, 6.07) is 5.76. The number of anilines is 1. The van der Waals surface area contributed by atoms with Crippen LogP contribution in [0.25, 0.3) is 21.8 Å². The third-order valence-corrected chi connectivity index (χ3v) is 8.81. The van der Waals surface area contributed by atoms with E-state index in [0.717, 1.165) is 12.1 Å². The van der Waals surface area contributed by atoms with Crippen LogP contribution in [0.3, 0.4) is 0 Å². The van der Waals surface area contributed by atoms with Crippen LogP contribution in [0.1, 0.15) is 18.4 Å². The molecule has 4 heterocycles. The molecule has 2 aliphatic rings. The van der Waals surface area contributed by atoms with E-state index < -0.39 is 10.0 Å². The van der Waals surface area contributed by atoms with Crippen molar-refractivity contribution in [1.82, 2.24) is 33.9 Å². The quantitative estimate of drug-likeness (QED) is 0.422. The Balaban J connectivity index is 1.30. The van der Waals surface area contributed by atoms with Crippen LogP contribution in [0.5, 0.6) is 0 Å². The molecule has 1 amide bonds. The van der Waals surface area contributed by atoms with Crippen LogP contribution < -0.4 is 5.32 Å². The molecule has 14 heteroatoms.